The maximum absolute atomic E-state index is 13.2. The van der Waals surface area contributed by atoms with E-state index in [2.05, 4.69) is 20.5 Å². The van der Waals surface area contributed by atoms with Crippen molar-refractivity contribution >= 4 is 44.2 Å². The number of carbonyl (C=O) groups is 1. The first kappa shape index (κ1) is 20.3. The first-order valence-corrected chi connectivity index (χ1v) is 11.1. The molecule has 0 bridgehead atoms. The molecule has 1 aromatic carbocycles. The zero-order valence-corrected chi connectivity index (χ0v) is 18.7. The van der Waals surface area contributed by atoms with Gasteiger partial charge < -0.3 is 5.32 Å². The summed E-state index contributed by atoms with van der Waals surface area (Å²) in [7, 11) is 0. The molecule has 0 aliphatic carbocycles. The third-order valence-corrected chi connectivity index (χ3v) is 6.40. The molecule has 0 unspecified atom stereocenters. The maximum atomic E-state index is 13.2. The van der Waals surface area contributed by atoms with Crippen molar-refractivity contribution in [3.8, 4) is 0 Å². The molecule has 4 aromatic heterocycles. The van der Waals surface area contributed by atoms with Crippen LogP contribution in [0, 0.1) is 12.7 Å². The largest absolute Gasteiger partial charge is 0.320 e. The van der Waals surface area contributed by atoms with Crippen molar-refractivity contribution in [2.75, 3.05) is 5.32 Å². The molecular weight excluding hydrogens is 427 g/mol. The van der Waals surface area contributed by atoms with Crippen LogP contribution in [-0.4, -0.2) is 30.5 Å². The van der Waals surface area contributed by atoms with Gasteiger partial charge in [0.05, 0.1) is 35.2 Å². The molecule has 0 saturated carbocycles. The quantitative estimate of drug-likeness (QED) is 0.402. The summed E-state index contributed by atoms with van der Waals surface area (Å²) in [5.41, 5.74) is 3.20. The van der Waals surface area contributed by atoms with Crippen molar-refractivity contribution in [1.82, 2.24) is 24.5 Å². The van der Waals surface area contributed by atoms with Gasteiger partial charge in [0.2, 0.25) is 0 Å². The minimum absolute atomic E-state index is 0.198. The number of aryl methyl sites for hydroxylation is 1. The third-order valence-electron chi connectivity index (χ3n) is 5.26. The number of rotatable bonds is 5. The molecule has 4 heterocycles. The number of pyridine rings is 1. The Morgan fingerprint density at radius 1 is 1.19 bits per heavy atom. The van der Waals surface area contributed by atoms with Crippen LogP contribution in [0.5, 0.6) is 0 Å². The number of amides is 1. The van der Waals surface area contributed by atoms with E-state index in [1.807, 2.05) is 42.3 Å². The highest BCUT2D eigenvalue weighted by atomic mass is 32.1. The number of halogens is 1. The molecule has 5 aromatic rings. The number of hydrogen-bond acceptors (Lipinski definition) is 5. The number of anilines is 1. The van der Waals surface area contributed by atoms with Gasteiger partial charge in [-0.3, -0.25) is 9.48 Å². The van der Waals surface area contributed by atoms with Crippen LogP contribution in [0.3, 0.4) is 0 Å². The summed E-state index contributed by atoms with van der Waals surface area (Å²) < 4.78 is 16.9. The molecule has 0 saturated heterocycles. The molecule has 7 nitrogen and oxygen atoms in total. The van der Waals surface area contributed by atoms with Crippen LogP contribution < -0.4 is 5.32 Å². The van der Waals surface area contributed by atoms with E-state index in [9.17, 15) is 9.18 Å². The first-order chi connectivity index (χ1) is 15.4. The molecule has 0 aliphatic heterocycles. The summed E-state index contributed by atoms with van der Waals surface area (Å²) in [4.78, 5) is 18.9. The van der Waals surface area contributed by atoms with E-state index in [1.54, 1.807) is 24.5 Å². The van der Waals surface area contributed by atoms with Crippen LogP contribution in [-0.2, 0) is 6.54 Å². The Labute approximate surface area is 187 Å². The monoisotopic (exact) mass is 448 g/mol. The van der Waals surface area contributed by atoms with Crippen molar-refractivity contribution in [2.24, 2.45) is 0 Å². The minimum Gasteiger partial charge on any atom is -0.320 e. The molecule has 5 rings (SSSR count). The molecular formula is C23H21FN6OS. The van der Waals surface area contributed by atoms with Crippen LogP contribution in [0.15, 0.2) is 48.8 Å². The average molecular weight is 449 g/mol. The molecule has 1 N–H and O–H groups in total. The summed E-state index contributed by atoms with van der Waals surface area (Å²) in [5.74, 6) is -0.466. The van der Waals surface area contributed by atoms with Gasteiger partial charge in [-0.05, 0) is 50.6 Å². The van der Waals surface area contributed by atoms with Crippen LogP contribution in [0.4, 0.5) is 10.1 Å². The van der Waals surface area contributed by atoms with Gasteiger partial charge in [-0.2, -0.15) is 10.2 Å². The van der Waals surface area contributed by atoms with Gasteiger partial charge >= 0.3 is 0 Å². The van der Waals surface area contributed by atoms with E-state index < -0.39 is 0 Å². The number of nitrogens with zero attached hydrogens (tertiary/aromatic N) is 5. The smallest absolute Gasteiger partial charge is 0.265 e. The summed E-state index contributed by atoms with van der Waals surface area (Å²) in [6.45, 7) is 6.52. The van der Waals surface area contributed by atoms with Gasteiger partial charge in [0.25, 0.3) is 5.91 Å². The van der Waals surface area contributed by atoms with Crippen LogP contribution in [0.1, 0.15) is 40.8 Å². The lowest BCUT2D eigenvalue weighted by atomic mass is 10.2. The predicted molar refractivity (Wildman–Crippen MR) is 124 cm³/mol. The highest BCUT2D eigenvalue weighted by Gasteiger charge is 2.17. The number of thiophene rings is 1. The van der Waals surface area contributed by atoms with Crippen molar-refractivity contribution in [3.05, 3.63) is 70.7 Å². The number of benzene rings is 1. The lowest BCUT2D eigenvalue weighted by Crippen LogP contribution is -2.10. The second kappa shape index (κ2) is 7.83. The normalized spacial score (nSPS) is 11.7. The Morgan fingerprint density at radius 2 is 1.97 bits per heavy atom. The van der Waals surface area contributed by atoms with Crippen LogP contribution in [0.25, 0.3) is 21.3 Å². The standard InChI is InChI=1S/C23H21FN6OS/c1-13(2)30-21-16(10-26-30)8-18(11-25-21)27-22(31)20-9-19-14(3)28-29(23(19)32-20)12-15-4-6-17(24)7-5-15/h4-11,13H,12H2,1-3H3,(H,27,31). The Bertz CT molecular complexity index is 1450. The molecule has 0 atom stereocenters. The van der Waals surface area contributed by atoms with Gasteiger partial charge in [-0.25, -0.2) is 14.1 Å². The second-order valence-corrected chi connectivity index (χ2v) is 9.00. The fourth-order valence-electron chi connectivity index (χ4n) is 3.67. The van der Waals surface area contributed by atoms with Crippen LogP contribution >= 0.6 is 11.3 Å². The molecule has 1 amide bonds. The zero-order chi connectivity index (χ0) is 22.4. The second-order valence-electron chi connectivity index (χ2n) is 7.97. The first-order valence-electron chi connectivity index (χ1n) is 10.2. The summed E-state index contributed by atoms with van der Waals surface area (Å²) >= 11 is 1.38. The van der Waals surface area contributed by atoms with Crippen molar-refractivity contribution < 1.29 is 9.18 Å². The summed E-state index contributed by atoms with van der Waals surface area (Å²) in [5, 5.41) is 13.7. The Hall–Kier alpha value is -3.59. The van der Waals surface area contributed by atoms with Gasteiger partial charge in [0, 0.05) is 16.8 Å². The average Bonchev–Trinajstić information content (AvgIpc) is 3.45. The highest BCUT2D eigenvalue weighted by molar-refractivity contribution is 7.20. The van der Waals surface area contributed by atoms with Crippen molar-refractivity contribution in [3.63, 3.8) is 0 Å². The Kier molecular flexibility index (Phi) is 4.97. The SMILES string of the molecule is Cc1nn(Cc2ccc(F)cc2)c2sc(C(=O)Nc3cnc4c(cnn4C(C)C)c3)cc12. The maximum Gasteiger partial charge on any atom is 0.265 e. The highest BCUT2D eigenvalue weighted by Crippen LogP contribution is 2.30. The topological polar surface area (TPSA) is 77.6 Å². The lowest BCUT2D eigenvalue weighted by Gasteiger charge is -2.07. The number of fused-ring (bicyclic) bond motifs is 2. The summed E-state index contributed by atoms with van der Waals surface area (Å²) in [6.07, 6.45) is 3.40. The van der Waals surface area contributed by atoms with E-state index in [0.717, 1.165) is 32.5 Å². The van der Waals surface area contributed by atoms with Gasteiger partial charge in [0.15, 0.2) is 5.65 Å². The Balaban J connectivity index is 1.40. The molecule has 0 fully saturated rings. The number of aromatic nitrogens is 5. The number of nitrogens with one attached hydrogen (secondary N) is 1. The number of carbonyl (C=O) groups excluding carboxylic acids is 1. The number of hydrogen-bond donors (Lipinski definition) is 1. The van der Waals surface area contributed by atoms with E-state index in [1.165, 1.54) is 23.5 Å². The van der Waals surface area contributed by atoms with E-state index in [-0.39, 0.29) is 17.8 Å². The fourth-order valence-corrected chi connectivity index (χ4v) is 4.73. The molecule has 32 heavy (non-hydrogen) atoms. The van der Waals surface area contributed by atoms with Crippen LogP contribution in [0.2, 0.25) is 0 Å². The molecule has 162 valence electrons. The summed E-state index contributed by atoms with van der Waals surface area (Å²) in [6, 6.07) is 10.3. The molecule has 9 heteroatoms. The lowest BCUT2D eigenvalue weighted by molar-refractivity contribution is 0.103. The van der Waals surface area contributed by atoms with Gasteiger partial charge in [-0.1, -0.05) is 12.1 Å². The van der Waals surface area contributed by atoms with E-state index >= 15 is 0 Å². The van der Waals surface area contributed by atoms with Gasteiger partial charge in [-0.15, -0.1) is 11.3 Å². The van der Waals surface area contributed by atoms with Gasteiger partial charge in [0.1, 0.15) is 10.6 Å². The van der Waals surface area contributed by atoms with Crippen molar-refractivity contribution in [2.45, 2.75) is 33.4 Å². The minimum atomic E-state index is -0.269. The third kappa shape index (κ3) is 3.64. The Morgan fingerprint density at radius 3 is 2.72 bits per heavy atom. The molecule has 0 radical (unpaired) electrons. The van der Waals surface area contributed by atoms with E-state index in [4.69, 9.17) is 0 Å². The van der Waals surface area contributed by atoms with Crippen molar-refractivity contribution in [1.29, 1.82) is 0 Å². The predicted octanol–water partition coefficient (Wildman–Crippen LogP) is 5.17. The molecule has 0 aliphatic rings. The molecule has 0 spiro atoms. The van der Waals surface area contributed by atoms with E-state index in [0.29, 0.717) is 17.1 Å². The zero-order valence-electron chi connectivity index (χ0n) is 17.8. The fraction of sp³-hybridized carbons (Fsp3) is 0.217.